The van der Waals surface area contributed by atoms with Gasteiger partial charge in [-0.25, -0.2) is 22.6 Å². The zero-order valence-electron chi connectivity index (χ0n) is 37.1. The highest BCUT2D eigenvalue weighted by Crippen LogP contribution is 2.48. The minimum Gasteiger partial charge on any atom is -0.489 e. The van der Waals surface area contributed by atoms with E-state index in [9.17, 15) is 22.8 Å². The highest BCUT2D eigenvalue weighted by Gasteiger charge is 2.63. The second-order valence-corrected chi connectivity index (χ2v) is 22.1. The molecular formula is C47H63FN6O9S. The van der Waals surface area contributed by atoms with Gasteiger partial charge in [-0.2, -0.15) is 0 Å². The minimum atomic E-state index is -4.04. The first-order valence-corrected chi connectivity index (χ1v) is 25.1. The number of piperidine rings is 1. The summed E-state index contributed by atoms with van der Waals surface area (Å²) in [4.78, 5) is 65.8. The average molecular weight is 907 g/mol. The number of rotatable bonds is 9. The molecule has 15 nitrogen and oxygen atoms in total. The number of hydrogen-bond acceptors (Lipinski definition) is 11. The normalized spacial score (nSPS) is 31.5. The molecule has 3 aliphatic heterocycles. The summed E-state index contributed by atoms with van der Waals surface area (Å²) in [5, 5.41) is 6.35. The maximum absolute atomic E-state index is 15.8. The van der Waals surface area contributed by atoms with E-state index in [1.165, 1.54) is 17.0 Å². The van der Waals surface area contributed by atoms with Crippen LogP contribution in [0.5, 0.6) is 11.6 Å². The van der Waals surface area contributed by atoms with Crippen LogP contribution in [0.15, 0.2) is 30.9 Å². The van der Waals surface area contributed by atoms with E-state index < -0.39 is 74.0 Å². The van der Waals surface area contributed by atoms with E-state index in [4.69, 9.17) is 19.2 Å². The van der Waals surface area contributed by atoms with Crippen molar-refractivity contribution in [3.05, 3.63) is 42.2 Å². The molecule has 7 aliphatic rings. The van der Waals surface area contributed by atoms with Gasteiger partial charge in [0.15, 0.2) is 0 Å². The minimum absolute atomic E-state index is 0.0302. The van der Waals surface area contributed by atoms with Crippen LogP contribution in [0.2, 0.25) is 0 Å². The van der Waals surface area contributed by atoms with Crippen LogP contribution < -0.4 is 24.8 Å². The fraction of sp³-hybridized carbons (Fsp3) is 0.681. The third kappa shape index (κ3) is 9.04. The Balaban J connectivity index is 1.08. The molecule has 348 valence electrons. The average Bonchev–Trinajstić information content (AvgIpc) is 4.24. The van der Waals surface area contributed by atoms with Gasteiger partial charge in [-0.1, -0.05) is 44.2 Å². The summed E-state index contributed by atoms with van der Waals surface area (Å²) < 4.78 is 63.0. The summed E-state index contributed by atoms with van der Waals surface area (Å²) >= 11 is 0. The van der Waals surface area contributed by atoms with E-state index in [0.29, 0.717) is 48.8 Å². The second-order valence-electron chi connectivity index (χ2n) is 19.9. The lowest BCUT2D eigenvalue weighted by Gasteiger charge is -2.34. The number of pyridine rings is 1. The SMILES string of the molecule is C=C[C@@H]1C[C@]1(NC(=O)[C@@H]1C[C@@H]2CN1C(=O)[C@H](C1CCCCC1)NC(=O)O[C@@H]1C[C@H]1CCCCCc1c(nc3c(F)cccc3c1OC1CCN(C)CC1)O2)C(=O)NS(=O)(=O)C1(C)CC1. The molecule has 4 amide bonds. The van der Waals surface area contributed by atoms with Crippen LogP contribution in [0.4, 0.5) is 9.18 Å². The summed E-state index contributed by atoms with van der Waals surface area (Å²) in [6.07, 6.45) is 11.0. The van der Waals surface area contributed by atoms with E-state index in [2.05, 4.69) is 33.9 Å². The molecule has 4 heterocycles. The third-order valence-corrected chi connectivity index (χ3v) is 17.4. The highest BCUT2D eigenvalue weighted by molar-refractivity contribution is 7.91. The number of hydrogen-bond donors (Lipinski definition) is 3. The molecule has 1 aromatic carbocycles. The molecule has 9 rings (SSSR count). The van der Waals surface area contributed by atoms with Crippen LogP contribution >= 0.6 is 0 Å². The van der Waals surface area contributed by atoms with Gasteiger partial charge in [0.25, 0.3) is 5.91 Å². The molecule has 7 atom stereocenters. The number of ether oxygens (including phenoxy) is 3. The lowest BCUT2D eigenvalue weighted by atomic mass is 9.83. The number of halogens is 1. The largest absolute Gasteiger partial charge is 0.489 e. The monoisotopic (exact) mass is 906 g/mol. The number of carbonyl (C=O) groups is 4. The topological polar surface area (TPSA) is 186 Å². The van der Waals surface area contributed by atoms with Gasteiger partial charge < -0.3 is 34.6 Å². The number of nitrogens with zero attached hydrogens (tertiary/aromatic N) is 3. The molecule has 4 aliphatic carbocycles. The van der Waals surface area contributed by atoms with Crippen molar-refractivity contribution in [2.24, 2.45) is 17.8 Å². The molecular weight excluding hydrogens is 844 g/mol. The molecule has 2 bridgehead atoms. The number of amides is 4. The predicted octanol–water partition coefficient (Wildman–Crippen LogP) is 5.43. The first kappa shape index (κ1) is 44.7. The van der Waals surface area contributed by atoms with Crippen LogP contribution in [-0.4, -0.2) is 114 Å². The molecule has 4 saturated carbocycles. The van der Waals surface area contributed by atoms with Crippen LogP contribution in [0.1, 0.15) is 115 Å². The summed E-state index contributed by atoms with van der Waals surface area (Å²) in [6, 6.07) is 2.63. The number of nitrogens with one attached hydrogen (secondary N) is 3. The Hall–Kier alpha value is -4.51. The number of benzene rings is 1. The summed E-state index contributed by atoms with van der Waals surface area (Å²) in [5.74, 6) is -2.38. The van der Waals surface area contributed by atoms with Crippen LogP contribution in [0.3, 0.4) is 0 Å². The molecule has 6 fully saturated rings. The van der Waals surface area contributed by atoms with Gasteiger partial charge in [-0.3, -0.25) is 19.1 Å². The zero-order chi connectivity index (χ0) is 45.0. The van der Waals surface area contributed by atoms with Crippen LogP contribution in [0, 0.1) is 23.6 Å². The Labute approximate surface area is 375 Å². The number of sulfonamides is 1. The van der Waals surface area contributed by atoms with Crippen molar-refractivity contribution >= 4 is 44.7 Å². The Morgan fingerprint density at radius 2 is 1.72 bits per heavy atom. The summed E-state index contributed by atoms with van der Waals surface area (Å²) in [5.41, 5.74) is -0.802. The van der Waals surface area contributed by atoms with E-state index >= 15 is 9.18 Å². The van der Waals surface area contributed by atoms with Gasteiger partial charge >= 0.3 is 6.09 Å². The van der Waals surface area contributed by atoms with E-state index in [1.54, 1.807) is 13.0 Å². The summed E-state index contributed by atoms with van der Waals surface area (Å²) in [7, 11) is -1.96. The van der Waals surface area contributed by atoms with E-state index in [0.717, 1.165) is 77.3 Å². The Kier molecular flexibility index (Phi) is 12.4. The maximum atomic E-state index is 15.8. The number of para-hydroxylation sites is 1. The molecule has 64 heavy (non-hydrogen) atoms. The molecule has 2 aromatic rings. The van der Waals surface area contributed by atoms with Crippen molar-refractivity contribution in [3.63, 3.8) is 0 Å². The van der Waals surface area contributed by atoms with Gasteiger partial charge in [-0.05, 0) is 109 Å². The first-order valence-electron chi connectivity index (χ1n) is 23.6. The number of aromatic nitrogens is 1. The van der Waals surface area contributed by atoms with Crippen molar-refractivity contribution in [3.8, 4) is 11.6 Å². The Morgan fingerprint density at radius 1 is 1.00 bits per heavy atom. The van der Waals surface area contributed by atoms with Gasteiger partial charge in [0.1, 0.15) is 53.0 Å². The van der Waals surface area contributed by atoms with Crippen LogP contribution in [0.25, 0.3) is 10.9 Å². The Bertz CT molecular complexity index is 2280. The Morgan fingerprint density at radius 3 is 2.42 bits per heavy atom. The summed E-state index contributed by atoms with van der Waals surface area (Å²) in [6.45, 7) is 7.05. The standard InChI is InChI=1S/C47H63FN6O9S/c1-4-30-26-47(30,44(57)52-64(59,60)46(2)20-21-46)51-41(55)36-25-32-27-54(36)43(56)38(28-12-7-5-8-13-28)50-45(58)63-37-24-29(37)14-9-6-10-15-34-40(61-31-18-22-53(3)23-19-31)33-16-11-17-35(48)39(33)49-42(34)62-32/h4,11,16-17,28-32,36-38H,1,5-10,12-15,18-27H2,2-3H3,(H,50,58)(H,51,55)(H,52,57)/t29-,30-,32-,36+,37-,38+,47-/m1/s1. The fourth-order valence-corrected chi connectivity index (χ4v) is 11.8. The van der Waals surface area contributed by atoms with Gasteiger partial charge in [-0.15, -0.1) is 6.58 Å². The predicted molar refractivity (Wildman–Crippen MR) is 235 cm³/mol. The smallest absolute Gasteiger partial charge is 0.408 e. The molecule has 1 aromatic heterocycles. The van der Waals surface area contributed by atoms with E-state index in [-0.39, 0.29) is 54.8 Å². The van der Waals surface area contributed by atoms with Crippen molar-refractivity contribution < 1.29 is 46.2 Å². The lowest BCUT2D eigenvalue weighted by Crippen LogP contribution is -2.59. The number of alkyl carbamates (subject to hydrolysis) is 1. The van der Waals surface area contributed by atoms with Crippen molar-refractivity contribution in [1.82, 2.24) is 30.1 Å². The van der Waals surface area contributed by atoms with Crippen molar-refractivity contribution in [1.29, 1.82) is 0 Å². The molecule has 2 saturated heterocycles. The third-order valence-electron chi connectivity index (χ3n) is 15.2. The quantitative estimate of drug-likeness (QED) is 0.273. The lowest BCUT2D eigenvalue weighted by molar-refractivity contribution is -0.142. The van der Waals surface area contributed by atoms with Gasteiger partial charge in [0.2, 0.25) is 27.7 Å². The number of likely N-dealkylation sites (tertiary alicyclic amines) is 1. The van der Waals surface area contributed by atoms with Crippen molar-refractivity contribution in [2.45, 2.75) is 157 Å². The fourth-order valence-electron chi connectivity index (χ4n) is 10.5. The van der Waals surface area contributed by atoms with E-state index in [1.807, 2.05) is 6.07 Å². The molecule has 17 heteroatoms. The first-order chi connectivity index (χ1) is 30.7. The molecule has 0 spiro atoms. The molecule has 0 radical (unpaired) electrons. The second kappa shape index (κ2) is 17.7. The van der Waals surface area contributed by atoms with Crippen molar-refractivity contribution in [2.75, 3.05) is 26.7 Å². The zero-order valence-corrected chi connectivity index (χ0v) is 37.9. The number of fused-ring (bicyclic) bond motifs is 5. The highest BCUT2D eigenvalue weighted by atomic mass is 32.2. The molecule has 0 unspecified atom stereocenters. The molecule has 3 N–H and O–H groups in total. The number of carbonyl (C=O) groups excluding carboxylic acids is 4. The van der Waals surface area contributed by atoms with Gasteiger partial charge in [0.05, 0.1) is 16.9 Å². The van der Waals surface area contributed by atoms with Gasteiger partial charge in [0, 0.05) is 30.8 Å². The maximum Gasteiger partial charge on any atom is 0.408 e. The van der Waals surface area contributed by atoms with Crippen LogP contribution in [-0.2, 0) is 35.6 Å².